The Kier molecular flexibility index (Phi) is 8.84. The molecule has 0 radical (unpaired) electrons. The zero-order valence-electron chi connectivity index (χ0n) is 14.3. The highest BCUT2D eigenvalue weighted by Crippen LogP contribution is 2.47. The van der Waals surface area contributed by atoms with Crippen LogP contribution in [0.25, 0.3) is 0 Å². The monoisotopic (exact) mass is 282 g/mol. The van der Waals surface area contributed by atoms with Gasteiger partial charge in [0.15, 0.2) is 0 Å². The van der Waals surface area contributed by atoms with E-state index in [1.54, 1.807) is 0 Å². The maximum absolute atomic E-state index is 10.7. The van der Waals surface area contributed by atoms with Crippen molar-refractivity contribution >= 4 is 0 Å². The standard InChI is InChI=1S/C19H38O/c1-4-5-6-7-8-9-10-13-18(20)19(16-17(2)3)14-11-12-15-19/h17-18,20H,4-16H2,1-3H3. The molecule has 1 N–H and O–H groups in total. The molecule has 1 nitrogen and oxygen atoms in total. The minimum atomic E-state index is -0.0389. The van der Waals surface area contributed by atoms with Crippen LogP contribution in [0, 0.1) is 11.3 Å². The second kappa shape index (κ2) is 9.82. The molecule has 1 rings (SSSR count). The van der Waals surface area contributed by atoms with E-state index in [9.17, 15) is 5.11 Å². The topological polar surface area (TPSA) is 20.2 Å². The van der Waals surface area contributed by atoms with Crippen molar-refractivity contribution in [2.75, 3.05) is 0 Å². The van der Waals surface area contributed by atoms with Crippen LogP contribution >= 0.6 is 0 Å². The molecular formula is C19H38O. The highest BCUT2D eigenvalue weighted by molar-refractivity contribution is 4.91. The molecule has 0 bridgehead atoms. The van der Waals surface area contributed by atoms with Gasteiger partial charge in [0.1, 0.15) is 0 Å². The van der Waals surface area contributed by atoms with Gasteiger partial charge in [-0.05, 0) is 37.0 Å². The van der Waals surface area contributed by atoms with E-state index in [2.05, 4.69) is 20.8 Å². The van der Waals surface area contributed by atoms with E-state index >= 15 is 0 Å². The molecule has 20 heavy (non-hydrogen) atoms. The van der Waals surface area contributed by atoms with Crippen molar-refractivity contribution in [2.24, 2.45) is 11.3 Å². The minimum absolute atomic E-state index is 0.0389. The van der Waals surface area contributed by atoms with E-state index in [1.807, 2.05) is 0 Å². The van der Waals surface area contributed by atoms with E-state index in [-0.39, 0.29) is 11.5 Å². The first-order chi connectivity index (χ1) is 9.60. The van der Waals surface area contributed by atoms with Crippen LogP contribution in [0.5, 0.6) is 0 Å². The van der Waals surface area contributed by atoms with Crippen LogP contribution in [-0.4, -0.2) is 11.2 Å². The van der Waals surface area contributed by atoms with E-state index < -0.39 is 0 Å². The predicted octanol–water partition coefficient (Wildman–Crippen LogP) is 6.09. The molecule has 0 saturated heterocycles. The van der Waals surface area contributed by atoms with Gasteiger partial charge < -0.3 is 5.11 Å². The zero-order valence-corrected chi connectivity index (χ0v) is 14.3. The summed E-state index contributed by atoms with van der Waals surface area (Å²) in [6, 6.07) is 0. The molecule has 0 aromatic heterocycles. The summed E-state index contributed by atoms with van der Waals surface area (Å²) in [6.45, 7) is 6.88. The fourth-order valence-corrected chi connectivity index (χ4v) is 4.17. The zero-order chi connectivity index (χ0) is 14.8. The minimum Gasteiger partial charge on any atom is -0.393 e. The van der Waals surface area contributed by atoms with Gasteiger partial charge in [0, 0.05) is 0 Å². The Morgan fingerprint density at radius 3 is 2.00 bits per heavy atom. The maximum Gasteiger partial charge on any atom is 0.0596 e. The molecule has 120 valence electrons. The van der Waals surface area contributed by atoms with Crippen LogP contribution in [0.15, 0.2) is 0 Å². The van der Waals surface area contributed by atoms with Gasteiger partial charge in [0.25, 0.3) is 0 Å². The summed E-state index contributed by atoms with van der Waals surface area (Å²) in [6.07, 6.45) is 16.9. The van der Waals surface area contributed by atoms with Gasteiger partial charge in [-0.1, -0.05) is 78.6 Å². The lowest BCUT2D eigenvalue weighted by Gasteiger charge is -2.36. The number of rotatable bonds is 11. The largest absolute Gasteiger partial charge is 0.393 e. The van der Waals surface area contributed by atoms with Gasteiger partial charge >= 0.3 is 0 Å². The predicted molar refractivity (Wildman–Crippen MR) is 89.0 cm³/mol. The Bertz CT molecular complexity index is 228. The Morgan fingerprint density at radius 2 is 1.45 bits per heavy atom. The van der Waals surface area contributed by atoms with Gasteiger partial charge in [-0.15, -0.1) is 0 Å². The summed E-state index contributed by atoms with van der Waals surface area (Å²) < 4.78 is 0. The van der Waals surface area contributed by atoms with Crippen molar-refractivity contribution < 1.29 is 5.11 Å². The number of hydrogen-bond donors (Lipinski definition) is 1. The summed E-state index contributed by atoms with van der Waals surface area (Å²) in [5, 5.41) is 10.7. The SMILES string of the molecule is CCCCCCCCCC(O)C1(CC(C)C)CCCC1. The average molecular weight is 283 g/mol. The van der Waals surface area contributed by atoms with E-state index in [0.29, 0.717) is 0 Å². The van der Waals surface area contributed by atoms with Crippen LogP contribution in [0.1, 0.15) is 104 Å². The summed E-state index contributed by atoms with van der Waals surface area (Å²) >= 11 is 0. The highest BCUT2D eigenvalue weighted by Gasteiger charge is 2.40. The van der Waals surface area contributed by atoms with Crippen molar-refractivity contribution in [3.05, 3.63) is 0 Å². The fourth-order valence-electron chi connectivity index (χ4n) is 4.17. The third-order valence-corrected chi connectivity index (χ3v) is 5.20. The van der Waals surface area contributed by atoms with Crippen molar-refractivity contribution in [2.45, 2.75) is 110 Å². The molecule has 1 aliphatic carbocycles. The van der Waals surface area contributed by atoms with Gasteiger partial charge in [0.05, 0.1) is 6.10 Å². The smallest absolute Gasteiger partial charge is 0.0596 e. The Labute approximate surface area is 127 Å². The molecule has 0 heterocycles. The maximum atomic E-state index is 10.7. The lowest BCUT2D eigenvalue weighted by atomic mass is 9.72. The third-order valence-electron chi connectivity index (χ3n) is 5.20. The van der Waals surface area contributed by atoms with Crippen molar-refractivity contribution in [3.63, 3.8) is 0 Å². The Hall–Kier alpha value is -0.0400. The molecular weight excluding hydrogens is 244 g/mol. The van der Waals surface area contributed by atoms with E-state index in [4.69, 9.17) is 0 Å². The molecule has 0 spiro atoms. The molecule has 1 fully saturated rings. The highest BCUT2D eigenvalue weighted by atomic mass is 16.3. The number of hydrogen-bond acceptors (Lipinski definition) is 1. The first-order valence-electron chi connectivity index (χ1n) is 9.29. The van der Waals surface area contributed by atoms with Crippen molar-refractivity contribution in [1.82, 2.24) is 0 Å². The quantitative estimate of drug-likeness (QED) is 0.454. The van der Waals surface area contributed by atoms with Crippen molar-refractivity contribution in [1.29, 1.82) is 0 Å². The number of aliphatic hydroxyl groups excluding tert-OH is 1. The Morgan fingerprint density at radius 1 is 0.900 bits per heavy atom. The van der Waals surface area contributed by atoms with Crippen LogP contribution in [0.2, 0.25) is 0 Å². The second-order valence-electron chi connectivity index (χ2n) is 7.59. The lowest BCUT2D eigenvalue weighted by Crippen LogP contribution is -2.34. The molecule has 0 aromatic rings. The average Bonchev–Trinajstić information content (AvgIpc) is 2.86. The fraction of sp³-hybridized carbons (Fsp3) is 1.00. The van der Waals surface area contributed by atoms with E-state index in [1.165, 1.54) is 77.0 Å². The van der Waals surface area contributed by atoms with Gasteiger partial charge in [-0.2, -0.15) is 0 Å². The Balaban J connectivity index is 2.20. The first kappa shape index (κ1) is 18.0. The third kappa shape index (κ3) is 6.16. The molecule has 1 aliphatic rings. The van der Waals surface area contributed by atoms with Gasteiger partial charge in [0.2, 0.25) is 0 Å². The van der Waals surface area contributed by atoms with Crippen molar-refractivity contribution in [3.8, 4) is 0 Å². The summed E-state index contributed by atoms with van der Waals surface area (Å²) in [5.74, 6) is 0.719. The van der Waals surface area contributed by atoms with E-state index in [0.717, 1.165) is 12.3 Å². The molecule has 0 amide bonds. The molecule has 1 heteroatoms. The summed E-state index contributed by atoms with van der Waals surface area (Å²) in [5.41, 5.74) is 0.274. The molecule has 0 aliphatic heterocycles. The summed E-state index contributed by atoms with van der Waals surface area (Å²) in [7, 11) is 0. The van der Waals surface area contributed by atoms with Crippen LogP contribution in [0.4, 0.5) is 0 Å². The molecule has 0 aromatic carbocycles. The first-order valence-corrected chi connectivity index (χ1v) is 9.29. The molecule has 1 atom stereocenters. The van der Waals surface area contributed by atoms with Crippen LogP contribution in [0.3, 0.4) is 0 Å². The van der Waals surface area contributed by atoms with Crippen LogP contribution < -0.4 is 0 Å². The summed E-state index contributed by atoms with van der Waals surface area (Å²) in [4.78, 5) is 0. The molecule has 1 saturated carbocycles. The second-order valence-corrected chi connectivity index (χ2v) is 7.59. The van der Waals surface area contributed by atoms with Gasteiger partial charge in [-0.3, -0.25) is 0 Å². The normalized spacial score (nSPS) is 19.6. The lowest BCUT2D eigenvalue weighted by molar-refractivity contribution is 0.00539. The number of aliphatic hydroxyl groups is 1. The van der Waals surface area contributed by atoms with Crippen LogP contribution in [-0.2, 0) is 0 Å². The molecule has 1 unspecified atom stereocenters. The van der Waals surface area contributed by atoms with Gasteiger partial charge in [-0.25, -0.2) is 0 Å². The number of unbranched alkanes of at least 4 members (excludes halogenated alkanes) is 6.